The van der Waals surface area contributed by atoms with Crippen LogP contribution in [0.15, 0.2) is 48.5 Å². The molecule has 34 heavy (non-hydrogen) atoms. The van der Waals surface area contributed by atoms with Crippen LogP contribution >= 0.6 is 0 Å². The number of carboxylic acid groups (broad SMARTS) is 1. The number of carbonyl (C=O) groups is 3. The lowest BCUT2D eigenvalue weighted by atomic mass is 9.86. The van der Waals surface area contributed by atoms with E-state index in [1.807, 2.05) is 45.0 Å². The zero-order valence-corrected chi connectivity index (χ0v) is 19.9. The van der Waals surface area contributed by atoms with Crippen LogP contribution in [0, 0.1) is 11.3 Å². The molecule has 0 aromatic heterocycles. The molecule has 0 bridgehead atoms. The maximum Gasteiger partial charge on any atom is 0.407 e. The van der Waals surface area contributed by atoms with E-state index in [4.69, 9.17) is 9.84 Å². The first-order chi connectivity index (χ1) is 16.1. The number of hydrogen-bond donors (Lipinski definition) is 2. The van der Waals surface area contributed by atoms with Crippen molar-refractivity contribution in [3.8, 4) is 11.1 Å². The number of carboxylic acids is 1. The van der Waals surface area contributed by atoms with Crippen LogP contribution in [0.5, 0.6) is 0 Å². The highest BCUT2D eigenvalue weighted by molar-refractivity contribution is 5.87. The van der Waals surface area contributed by atoms with Gasteiger partial charge in [-0.05, 0) is 40.0 Å². The summed E-state index contributed by atoms with van der Waals surface area (Å²) in [5.74, 6) is -1.17. The topological polar surface area (TPSA) is 95.9 Å². The molecule has 2 amide bonds. The number of likely N-dealkylation sites (tertiary alicyclic amines) is 1. The number of amides is 2. The minimum absolute atomic E-state index is 0.0454. The number of aliphatic carboxylic acids is 1. The van der Waals surface area contributed by atoms with E-state index in [0.717, 1.165) is 22.3 Å². The third-order valence-corrected chi connectivity index (χ3v) is 6.78. The first-order valence-corrected chi connectivity index (χ1v) is 11.8. The minimum Gasteiger partial charge on any atom is -0.481 e. The smallest absolute Gasteiger partial charge is 0.407 e. The van der Waals surface area contributed by atoms with Crippen LogP contribution in [0.4, 0.5) is 4.79 Å². The molecule has 1 aliphatic heterocycles. The van der Waals surface area contributed by atoms with Gasteiger partial charge in [-0.25, -0.2) is 4.79 Å². The number of ether oxygens (including phenoxy) is 1. The minimum atomic E-state index is -0.858. The van der Waals surface area contributed by atoms with Crippen molar-refractivity contribution < 1.29 is 24.2 Å². The monoisotopic (exact) mass is 464 g/mol. The summed E-state index contributed by atoms with van der Waals surface area (Å²) in [7, 11) is 0. The number of benzene rings is 2. The molecule has 180 valence electrons. The Kier molecular flexibility index (Phi) is 6.64. The highest BCUT2D eigenvalue weighted by atomic mass is 16.5. The normalized spacial score (nSPS) is 18.2. The number of nitrogens with one attached hydrogen (secondary N) is 1. The number of rotatable bonds is 6. The Balaban J connectivity index is 1.42. The van der Waals surface area contributed by atoms with E-state index in [1.54, 1.807) is 4.90 Å². The van der Waals surface area contributed by atoms with Crippen LogP contribution in [0.1, 0.15) is 50.7 Å². The average molecular weight is 465 g/mol. The first-order valence-electron chi connectivity index (χ1n) is 11.8. The summed E-state index contributed by atoms with van der Waals surface area (Å²) in [6.07, 6.45) is 0.0697. The first kappa shape index (κ1) is 23.8. The Morgan fingerprint density at radius 3 is 2.21 bits per heavy atom. The summed E-state index contributed by atoms with van der Waals surface area (Å²) in [5, 5.41) is 11.8. The fourth-order valence-corrected chi connectivity index (χ4v) is 5.04. The molecule has 2 aromatic carbocycles. The Morgan fingerprint density at radius 1 is 1.06 bits per heavy atom. The van der Waals surface area contributed by atoms with Crippen molar-refractivity contribution in [2.24, 2.45) is 11.3 Å². The molecule has 1 aliphatic carbocycles. The Bertz CT molecular complexity index is 1040. The summed E-state index contributed by atoms with van der Waals surface area (Å²) in [4.78, 5) is 38.8. The molecule has 2 atom stereocenters. The van der Waals surface area contributed by atoms with Crippen molar-refractivity contribution in [1.29, 1.82) is 0 Å². The van der Waals surface area contributed by atoms with Crippen LogP contribution in [0.25, 0.3) is 11.1 Å². The van der Waals surface area contributed by atoms with Gasteiger partial charge in [-0.1, -0.05) is 69.3 Å². The summed E-state index contributed by atoms with van der Waals surface area (Å²) < 4.78 is 5.65. The van der Waals surface area contributed by atoms with E-state index in [1.165, 1.54) is 0 Å². The Hall–Kier alpha value is -3.35. The maximum atomic E-state index is 13.3. The lowest BCUT2D eigenvalue weighted by molar-refractivity contribution is -0.139. The van der Waals surface area contributed by atoms with Crippen LogP contribution in [0.3, 0.4) is 0 Å². The van der Waals surface area contributed by atoms with Gasteiger partial charge in [0.2, 0.25) is 5.91 Å². The molecule has 0 saturated carbocycles. The van der Waals surface area contributed by atoms with E-state index >= 15 is 0 Å². The van der Waals surface area contributed by atoms with E-state index in [0.29, 0.717) is 19.5 Å². The molecule has 2 aliphatic rings. The molecule has 0 radical (unpaired) electrons. The van der Waals surface area contributed by atoms with Crippen LogP contribution in [-0.4, -0.2) is 53.7 Å². The molecular weight excluding hydrogens is 432 g/mol. The van der Waals surface area contributed by atoms with Gasteiger partial charge in [0, 0.05) is 25.4 Å². The molecular formula is C27H32N2O5. The fourth-order valence-electron chi connectivity index (χ4n) is 5.04. The molecule has 2 aromatic rings. The Labute approximate surface area is 200 Å². The SMILES string of the molecule is CC(C)(C)C(NC(=O)OCC1c2ccccc2-c2ccccc21)C(=O)N1CCC(CC(=O)O)C1. The van der Waals surface area contributed by atoms with Gasteiger partial charge in [0.1, 0.15) is 12.6 Å². The maximum absolute atomic E-state index is 13.3. The fraction of sp³-hybridized carbons (Fsp3) is 0.444. The molecule has 1 heterocycles. The highest BCUT2D eigenvalue weighted by Gasteiger charge is 2.39. The van der Waals surface area contributed by atoms with Crippen molar-refractivity contribution in [3.05, 3.63) is 59.7 Å². The standard InChI is InChI=1S/C27H32N2O5/c1-27(2,3)24(25(32)29-13-12-17(15-29)14-23(30)31)28-26(33)34-16-22-20-10-6-4-8-18(20)19-9-5-7-11-21(19)22/h4-11,17,22,24H,12-16H2,1-3H3,(H,28,33)(H,30,31). The van der Waals surface area contributed by atoms with Crippen LogP contribution in [0.2, 0.25) is 0 Å². The number of carbonyl (C=O) groups excluding carboxylic acids is 2. The van der Waals surface area contributed by atoms with E-state index in [2.05, 4.69) is 29.6 Å². The van der Waals surface area contributed by atoms with Gasteiger partial charge in [-0.2, -0.15) is 0 Å². The van der Waals surface area contributed by atoms with Crippen molar-refractivity contribution in [3.63, 3.8) is 0 Å². The summed E-state index contributed by atoms with van der Waals surface area (Å²) >= 11 is 0. The van der Waals surface area contributed by atoms with Crippen LogP contribution in [-0.2, 0) is 14.3 Å². The van der Waals surface area contributed by atoms with Crippen molar-refractivity contribution in [2.45, 2.75) is 45.6 Å². The number of alkyl carbamates (subject to hydrolysis) is 1. The van der Waals surface area contributed by atoms with E-state index < -0.39 is 23.5 Å². The molecule has 7 nitrogen and oxygen atoms in total. The quantitative estimate of drug-likeness (QED) is 0.666. The highest BCUT2D eigenvalue weighted by Crippen LogP contribution is 2.44. The zero-order valence-electron chi connectivity index (χ0n) is 19.9. The molecule has 2 unspecified atom stereocenters. The summed E-state index contributed by atoms with van der Waals surface area (Å²) in [5.41, 5.74) is 4.02. The lowest BCUT2D eigenvalue weighted by Gasteiger charge is -2.33. The third kappa shape index (κ3) is 4.93. The molecule has 1 saturated heterocycles. The second kappa shape index (κ2) is 9.49. The summed E-state index contributed by atoms with van der Waals surface area (Å²) in [6.45, 7) is 6.74. The van der Waals surface area contributed by atoms with Crippen molar-refractivity contribution >= 4 is 18.0 Å². The second-order valence-electron chi connectivity index (χ2n) is 10.3. The molecule has 7 heteroatoms. The largest absolute Gasteiger partial charge is 0.481 e. The van der Waals surface area contributed by atoms with Gasteiger partial charge in [0.25, 0.3) is 0 Å². The average Bonchev–Trinajstić information content (AvgIpc) is 3.37. The van der Waals surface area contributed by atoms with Gasteiger partial charge in [-0.3, -0.25) is 9.59 Å². The molecule has 2 N–H and O–H groups in total. The number of fused-ring (bicyclic) bond motifs is 3. The zero-order chi connectivity index (χ0) is 24.5. The van der Waals surface area contributed by atoms with Gasteiger partial charge in [0.15, 0.2) is 0 Å². The molecule has 4 rings (SSSR count). The van der Waals surface area contributed by atoms with E-state index in [-0.39, 0.29) is 30.8 Å². The van der Waals surface area contributed by atoms with Gasteiger partial charge < -0.3 is 20.1 Å². The van der Waals surface area contributed by atoms with Gasteiger partial charge in [-0.15, -0.1) is 0 Å². The van der Waals surface area contributed by atoms with Gasteiger partial charge >= 0.3 is 12.1 Å². The van der Waals surface area contributed by atoms with Crippen molar-refractivity contribution in [1.82, 2.24) is 10.2 Å². The van der Waals surface area contributed by atoms with Crippen LogP contribution < -0.4 is 5.32 Å². The Morgan fingerprint density at radius 2 is 1.65 bits per heavy atom. The third-order valence-electron chi connectivity index (χ3n) is 6.78. The number of nitrogens with zero attached hydrogens (tertiary/aromatic N) is 1. The van der Waals surface area contributed by atoms with Crippen molar-refractivity contribution in [2.75, 3.05) is 19.7 Å². The predicted molar refractivity (Wildman–Crippen MR) is 128 cm³/mol. The van der Waals surface area contributed by atoms with E-state index in [9.17, 15) is 14.4 Å². The molecule has 0 spiro atoms. The summed E-state index contributed by atoms with van der Waals surface area (Å²) in [6, 6.07) is 15.5. The molecule has 1 fully saturated rings. The van der Waals surface area contributed by atoms with Gasteiger partial charge in [0.05, 0.1) is 0 Å². The number of hydrogen-bond acceptors (Lipinski definition) is 4. The lowest BCUT2D eigenvalue weighted by Crippen LogP contribution is -2.54. The second-order valence-corrected chi connectivity index (χ2v) is 10.3. The predicted octanol–water partition coefficient (Wildman–Crippen LogP) is 4.26.